The minimum atomic E-state index is -0.520. The smallest absolute Gasteiger partial charge is 0.256 e. The zero-order valence-corrected chi connectivity index (χ0v) is 19.2. The number of thiocarbonyl (C=S) groups is 1. The second-order valence-electron chi connectivity index (χ2n) is 7.81. The van der Waals surface area contributed by atoms with Crippen molar-refractivity contribution in [2.75, 3.05) is 4.90 Å². The van der Waals surface area contributed by atoms with Crippen LogP contribution in [0.1, 0.15) is 11.3 Å². The molecular formula is C26H20ClN3O2S. The fourth-order valence-corrected chi connectivity index (χ4v) is 4.56. The van der Waals surface area contributed by atoms with E-state index in [1.165, 1.54) is 0 Å². The molecule has 1 unspecified atom stereocenters. The van der Waals surface area contributed by atoms with Crippen LogP contribution in [0.5, 0.6) is 0 Å². The fourth-order valence-electron chi connectivity index (χ4n) is 3.99. The third kappa shape index (κ3) is 4.40. The highest BCUT2D eigenvalue weighted by Gasteiger charge is 2.43. The molecule has 1 aromatic heterocycles. The molecule has 1 saturated heterocycles. The van der Waals surface area contributed by atoms with Crippen LogP contribution in [-0.4, -0.2) is 27.1 Å². The summed E-state index contributed by atoms with van der Waals surface area (Å²) in [6.07, 6.45) is 0.350. The molecule has 0 saturated carbocycles. The predicted molar refractivity (Wildman–Crippen MR) is 133 cm³/mol. The Bertz CT molecular complexity index is 1290. The number of carbonyl (C=O) groups is 1. The van der Waals surface area contributed by atoms with E-state index in [1.54, 1.807) is 17.0 Å². The second kappa shape index (κ2) is 9.17. The van der Waals surface area contributed by atoms with E-state index in [2.05, 4.69) is 5.16 Å². The average molecular weight is 474 g/mol. The summed E-state index contributed by atoms with van der Waals surface area (Å²) < 4.78 is 5.61. The van der Waals surface area contributed by atoms with Gasteiger partial charge in [-0.05, 0) is 36.0 Å². The molecule has 1 atom stereocenters. The maximum atomic E-state index is 13.6. The van der Waals surface area contributed by atoms with Crippen molar-refractivity contribution < 1.29 is 9.32 Å². The largest absolute Gasteiger partial charge is 0.361 e. The van der Waals surface area contributed by atoms with Crippen LogP contribution in [-0.2, 0) is 17.8 Å². The van der Waals surface area contributed by atoms with E-state index < -0.39 is 6.04 Å². The zero-order chi connectivity index (χ0) is 22.8. The third-order valence-corrected chi connectivity index (χ3v) is 6.26. The topological polar surface area (TPSA) is 49.6 Å². The Morgan fingerprint density at radius 3 is 2.39 bits per heavy atom. The number of benzene rings is 3. The minimum Gasteiger partial charge on any atom is -0.361 e. The van der Waals surface area contributed by atoms with E-state index in [-0.39, 0.29) is 5.91 Å². The second-order valence-corrected chi connectivity index (χ2v) is 8.62. The van der Waals surface area contributed by atoms with Gasteiger partial charge in [0.05, 0.1) is 5.69 Å². The molecule has 33 heavy (non-hydrogen) atoms. The number of nitrogens with zero attached hydrogens (tertiary/aromatic N) is 3. The normalized spacial score (nSPS) is 16.0. The maximum absolute atomic E-state index is 13.6. The third-order valence-electron chi connectivity index (χ3n) is 5.60. The Kier molecular flexibility index (Phi) is 5.94. The Labute approximate surface area is 202 Å². The first kappa shape index (κ1) is 21.4. The van der Waals surface area contributed by atoms with E-state index in [0.717, 1.165) is 16.8 Å². The number of aromatic nitrogens is 1. The van der Waals surface area contributed by atoms with Crippen LogP contribution in [0.4, 0.5) is 5.69 Å². The summed E-state index contributed by atoms with van der Waals surface area (Å²) in [7, 11) is 0. The van der Waals surface area contributed by atoms with Crippen molar-refractivity contribution in [2.45, 2.75) is 19.0 Å². The maximum Gasteiger partial charge on any atom is 0.256 e. The molecule has 1 aliphatic rings. The number of hydrogen-bond donors (Lipinski definition) is 0. The lowest BCUT2D eigenvalue weighted by Crippen LogP contribution is -2.36. The van der Waals surface area contributed by atoms with Gasteiger partial charge < -0.3 is 9.42 Å². The van der Waals surface area contributed by atoms with Crippen molar-refractivity contribution >= 4 is 40.5 Å². The summed E-state index contributed by atoms with van der Waals surface area (Å²) in [4.78, 5) is 17.1. The van der Waals surface area contributed by atoms with Crippen molar-refractivity contribution in [3.8, 4) is 11.3 Å². The Morgan fingerprint density at radius 2 is 1.67 bits per heavy atom. The summed E-state index contributed by atoms with van der Waals surface area (Å²) in [5, 5.41) is 5.19. The van der Waals surface area contributed by atoms with Gasteiger partial charge in [0.1, 0.15) is 17.5 Å². The van der Waals surface area contributed by atoms with E-state index in [0.29, 0.717) is 34.5 Å². The fraction of sp³-hybridized carbons (Fsp3) is 0.115. The number of hydrogen-bond acceptors (Lipinski definition) is 4. The van der Waals surface area contributed by atoms with Gasteiger partial charge in [-0.15, -0.1) is 0 Å². The van der Waals surface area contributed by atoms with Crippen molar-refractivity contribution in [3.05, 3.63) is 107 Å². The Morgan fingerprint density at radius 1 is 0.939 bits per heavy atom. The van der Waals surface area contributed by atoms with Crippen molar-refractivity contribution in [1.29, 1.82) is 0 Å². The van der Waals surface area contributed by atoms with E-state index in [9.17, 15) is 4.79 Å². The van der Waals surface area contributed by atoms with E-state index in [1.807, 2.05) is 83.8 Å². The molecule has 5 nitrogen and oxygen atoms in total. The number of halogens is 1. The first-order chi connectivity index (χ1) is 16.1. The highest BCUT2D eigenvalue weighted by atomic mass is 35.5. The lowest BCUT2D eigenvalue weighted by atomic mass is 10.1. The van der Waals surface area contributed by atoms with Gasteiger partial charge in [0, 0.05) is 29.6 Å². The van der Waals surface area contributed by atoms with Crippen LogP contribution in [0.15, 0.2) is 95.5 Å². The lowest BCUT2D eigenvalue weighted by Gasteiger charge is -2.23. The van der Waals surface area contributed by atoms with Crippen LogP contribution in [0.25, 0.3) is 11.3 Å². The SMILES string of the molecule is O=C1C(Cc2cc(-c3ccccc3)no2)N(Cc2ccccc2)C(=S)N1c1cccc(Cl)c1. The minimum absolute atomic E-state index is 0.115. The van der Waals surface area contributed by atoms with Crippen LogP contribution in [0.3, 0.4) is 0 Å². The van der Waals surface area contributed by atoms with Gasteiger partial charge in [0.15, 0.2) is 5.11 Å². The molecular weight excluding hydrogens is 454 g/mol. The molecule has 5 rings (SSSR count). The first-order valence-electron chi connectivity index (χ1n) is 10.6. The summed E-state index contributed by atoms with van der Waals surface area (Å²) in [6.45, 7) is 0.507. The molecule has 7 heteroatoms. The van der Waals surface area contributed by atoms with Gasteiger partial charge in [0.25, 0.3) is 5.91 Å². The van der Waals surface area contributed by atoms with Gasteiger partial charge >= 0.3 is 0 Å². The molecule has 1 fully saturated rings. The molecule has 1 aliphatic heterocycles. The van der Waals surface area contributed by atoms with Crippen LogP contribution in [0, 0.1) is 0 Å². The van der Waals surface area contributed by atoms with Gasteiger partial charge in [-0.25, -0.2) is 0 Å². The molecule has 3 aromatic carbocycles. The van der Waals surface area contributed by atoms with Crippen molar-refractivity contribution in [3.63, 3.8) is 0 Å². The molecule has 0 spiro atoms. The molecule has 0 aliphatic carbocycles. The highest BCUT2D eigenvalue weighted by molar-refractivity contribution is 7.80. The van der Waals surface area contributed by atoms with Crippen LogP contribution >= 0.6 is 23.8 Å². The van der Waals surface area contributed by atoms with Crippen molar-refractivity contribution in [2.24, 2.45) is 0 Å². The molecule has 1 amide bonds. The number of carbonyl (C=O) groups excluding carboxylic acids is 1. The first-order valence-corrected chi connectivity index (χ1v) is 11.3. The summed E-state index contributed by atoms with van der Waals surface area (Å²) in [5.74, 6) is 0.511. The van der Waals surface area contributed by atoms with E-state index >= 15 is 0 Å². The predicted octanol–water partition coefficient (Wildman–Crippen LogP) is 5.74. The molecule has 0 N–H and O–H groups in total. The van der Waals surface area contributed by atoms with Crippen LogP contribution in [0.2, 0.25) is 5.02 Å². The summed E-state index contributed by atoms with van der Waals surface area (Å²) >= 11 is 12.0. The molecule has 0 radical (unpaired) electrons. The quantitative estimate of drug-likeness (QED) is 0.334. The number of rotatable bonds is 6. The molecule has 4 aromatic rings. The van der Waals surface area contributed by atoms with Gasteiger partial charge in [-0.2, -0.15) is 0 Å². The number of amides is 1. The van der Waals surface area contributed by atoms with E-state index in [4.69, 9.17) is 28.3 Å². The highest BCUT2D eigenvalue weighted by Crippen LogP contribution is 2.31. The Balaban J connectivity index is 1.47. The average Bonchev–Trinajstić information content (AvgIpc) is 3.39. The molecule has 0 bridgehead atoms. The van der Waals surface area contributed by atoms with Gasteiger partial charge in [-0.1, -0.05) is 83.5 Å². The number of anilines is 1. The monoisotopic (exact) mass is 473 g/mol. The summed E-state index contributed by atoms with van der Waals surface area (Å²) in [6, 6.07) is 28.3. The standard InChI is InChI=1S/C26H20ClN3O2S/c27-20-12-7-13-21(14-20)30-25(31)24(29(26(30)33)17-18-8-3-1-4-9-18)16-22-15-23(28-32-22)19-10-5-2-6-11-19/h1-15,24H,16-17H2. The lowest BCUT2D eigenvalue weighted by molar-refractivity contribution is -0.119. The Hall–Kier alpha value is -3.48. The van der Waals surface area contributed by atoms with Crippen molar-refractivity contribution in [1.82, 2.24) is 10.1 Å². The molecule has 2 heterocycles. The van der Waals surface area contributed by atoms with Gasteiger partial charge in [0.2, 0.25) is 0 Å². The zero-order valence-electron chi connectivity index (χ0n) is 17.6. The molecule has 164 valence electrons. The van der Waals surface area contributed by atoms with Crippen LogP contribution < -0.4 is 4.90 Å². The summed E-state index contributed by atoms with van der Waals surface area (Å²) in [5.41, 5.74) is 3.41. The van der Waals surface area contributed by atoms with Gasteiger partial charge in [-0.3, -0.25) is 9.69 Å².